The molecule has 0 radical (unpaired) electrons. The van der Waals surface area contributed by atoms with E-state index in [4.69, 9.17) is 11.6 Å². The molecule has 3 aromatic rings. The standard InChI is InChI=1S/C24H22ClFN4O/c1-15(26)19-8-9-22(29-23(19)24(31)20-7-4-10-27-16(20)2)30-12-11-28-21(14-30)17-5-3-6-18(25)13-17/h3-10,13,21,28H,1,11-12,14H2,2H3. The van der Waals surface area contributed by atoms with Crippen molar-refractivity contribution in [2.24, 2.45) is 0 Å². The first-order valence-electron chi connectivity index (χ1n) is 10.00. The molecule has 1 fully saturated rings. The summed E-state index contributed by atoms with van der Waals surface area (Å²) in [6.45, 7) is 7.21. The molecular weight excluding hydrogens is 415 g/mol. The third-order valence-electron chi connectivity index (χ3n) is 5.39. The summed E-state index contributed by atoms with van der Waals surface area (Å²) in [5.41, 5.74) is 2.18. The Morgan fingerprint density at radius 3 is 2.81 bits per heavy atom. The smallest absolute Gasteiger partial charge is 0.213 e. The number of rotatable bonds is 5. The quantitative estimate of drug-likeness (QED) is 0.584. The Bertz CT molecular complexity index is 1150. The van der Waals surface area contributed by atoms with Crippen LogP contribution in [0.3, 0.4) is 0 Å². The lowest BCUT2D eigenvalue weighted by molar-refractivity contribution is 0.103. The highest BCUT2D eigenvalue weighted by atomic mass is 35.5. The van der Waals surface area contributed by atoms with E-state index in [1.165, 1.54) is 0 Å². The van der Waals surface area contributed by atoms with Crippen LogP contribution in [0.15, 0.2) is 61.3 Å². The monoisotopic (exact) mass is 436 g/mol. The van der Waals surface area contributed by atoms with Gasteiger partial charge in [0.05, 0.1) is 0 Å². The topological polar surface area (TPSA) is 58.1 Å². The van der Waals surface area contributed by atoms with Gasteiger partial charge in [-0.1, -0.05) is 30.3 Å². The predicted molar refractivity (Wildman–Crippen MR) is 121 cm³/mol. The Balaban J connectivity index is 1.68. The van der Waals surface area contributed by atoms with Gasteiger partial charge in [0.2, 0.25) is 5.78 Å². The van der Waals surface area contributed by atoms with Crippen molar-refractivity contribution < 1.29 is 9.18 Å². The first-order chi connectivity index (χ1) is 14.9. The van der Waals surface area contributed by atoms with Crippen LogP contribution >= 0.6 is 11.6 Å². The second-order valence-electron chi connectivity index (χ2n) is 7.44. The highest BCUT2D eigenvalue weighted by molar-refractivity contribution is 6.30. The highest BCUT2D eigenvalue weighted by Gasteiger charge is 2.25. The van der Waals surface area contributed by atoms with Gasteiger partial charge in [0.15, 0.2) is 0 Å². The maximum absolute atomic E-state index is 14.1. The van der Waals surface area contributed by atoms with Gasteiger partial charge in [0, 0.05) is 53.7 Å². The summed E-state index contributed by atoms with van der Waals surface area (Å²) in [6.07, 6.45) is 1.61. The highest BCUT2D eigenvalue weighted by Crippen LogP contribution is 2.27. The molecule has 1 N–H and O–H groups in total. The summed E-state index contributed by atoms with van der Waals surface area (Å²) >= 11 is 6.15. The number of aryl methyl sites for hydroxylation is 1. The van der Waals surface area contributed by atoms with E-state index < -0.39 is 5.83 Å². The number of nitrogens with zero attached hydrogens (tertiary/aromatic N) is 3. The molecule has 1 aromatic carbocycles. The van der Waals surface area contributed by atoms with E-state index in [1.54, 1.807) is 37.4 Å². The van der Waals surface area contributed by atoms with Crippen molar-refractivity contribution >= 4 is 29.0 Å². The van der Waals surface area contributed by atoms with Crippen LogP contribution in [0.2, 0.25) is 5.02 Å². The predicted octanol–water partition coefficient (Wildman–Crippen LogP) is 4.76. The van der Waals surface area contributed by atoms with Crippen LogP contribution in [-0.4, -0.2) is 35.4 Å². The van der Waals surface area contributed by atoms with Gasteiger partial charge in [-0.05, 0) is 48.9 Å². The molecule has 0 bridgehead atoms. The molecule has 1 atom stereocenters. The fourth-order valence-electron chi connectivity index (χ4n) is 3.77. The molecule has 158 valence electrons. The number of hydrogen-bond acceptors (Lipinski definition) is 5. The van der Waals surface area contributed by atoms with E-state index in [0.29, 0.717) is 35.2 Å². The van der Waals surface area contributed by atoms with E-state index in [2.05, 4.69) is 26.8 Å². The van der Waals surface area contributed by atoms with Crippen LogP contribution in [0.1, 0.15) is 38.9 Å². The van der Waals surface area contributed by atoms with Crippen molar-refractivity contribution in [1.82, 2.24) is 15.3 Å². The molecule has 0 aliphatic carbocycles. The lowest BCUT2D eigenvalue weighted by Gasteiger charge is -2.35. The number of carbonyl (C=O) groups excluding carboxylic acids is 1. The number of piperazine rings is 1. The summed E-state index contributed by atoms with van der Waals surface area (Å²) in [5.74, 6) is -0.452. The first kappa shape index (κ1) is 21.2. The zero-order chi connectivity index (χ0) is 22.0. The second kappa shape index (κ2) is 8.96. The van der Waals surface area contributed by atoms with Crippen LogP contribution in [0.5, 0.6) is 0 Å². The summed E-state index contributed by atoms with van der Waals surface area (Å²) in [4.78, 5) is 24.0. The molecule has 1 aliphatic heterocycles. The number of ketones is 1. The molecule has 1 unspecified atom stereocenters. The molecule has 7 heteroatoms. The Morgan fingerprint density at radius 1 is 1.23 bits per heavy atom. The van der Waals surface area contributed by atoms with Gasteiger partial charge in [-0.2, -0.15) is 0 Å². The first-order valence-corrected chi connectivity index (χ1v) is 10.4. The third kappa shape index (κ3) is 4.50. The molecule has 3 heterocycles. The molecule has 1 saturated heterocycles. The zero-order valence-corrected chi connectivity index (χ0v) is 17.9. The summed E-state index contributed by atoms with van der Waals surface area (Å²) in [7, 11) is 0. The average molecular weight is 437 g/mol. The van der Waals surface area contributed by atoms with E-state index in [-0.39, 0.29) is 23.1 Å². The number of halogens is 2. The van der Waals surface area contributed by atoms with Gasteiger partial charge in [0.25, 0.3) is 0 Å². The minimum Gasteiger partial charge on any atom is -0.353 e. The van der Waals surface area contributed by atoms with Crippen molar-refractivity contribution in [2.45, 2.75) is 13.0 Å². The molecule has 0 spiro atoms. The van der Waals surface area contributed by atoms with E-state index in [0.717, 1.165) is 12.1 Å². The fraction of sp³-hybridized carbons (Fsp3) is 0.208. The summed E-state index contributed by atoms with van der Waals surface area (Å²) in [5, 5.41) is 4.17. The Kier molecular flexibility index (Phi) is 6.11. The van der Waals surface area contributed by atoms with Crippen molar-refractivity contribution in [2.75, 3.05) is 24.5 Å². The largest absolute Gasteiger partial charge is 0.353 e. The number of pyridine rings is 2. The zero-order valence-electron chi connectivity index (χ0n) is 17.1. The molecule has 4 rings (SSSR count). The minimum atomic E-state index is -0.693. The lowest BCUT2D eigenvalue weighted by Crippen LogP contribution is -2.46. The van der Waals surface area contributed by atoms with Crippen molar-refractivity contribution in [3.8, 4) is 0 Å². The van der Waals surface area contributed by atoms with Crippen LogP contribution in [0.4, 0.5) is 10.2 Å². The van der Waals surface area contributed by atoms with Crippen LogP contribution < -0.4 is 10.2 Å². The van der Waals surface area contributed by atoms with E-state index in [1.807, 2.05) is 24.3 Å². The summed E-state index contributed by atoms with van der Waals surface area (Å²) < 4.78 is 14.1. The van der Waals surface area contributed by atoms with Gasteiger partial charge in [-0.15, -0.1) is 0 Å². The van der Waals surface area contributed by atoms with Gasteiger partial charge in [0.1, 0.15) is 17.3 Å². The lowest BCUT2D eigenvalue weighted by atomic mass is 10.0. The Labute approximate surface area is 185 Å². The average Bonchev–Trinajstić information content (AvgIpc) is 2.78. The van der Waals surface area contributed by atoms with Crippen LogP contribution in [0, 0.1) is 6.92 Å². The third-order valence-corrected chi connectivity index (χ3v) is 5.62. The minimum absolute atomic E-state index is 0.0407. The van der Waals surface area contributed by atoms with Crippen molar-refractivity contribution in [3.63, 3.8) is 0 Å². The fourth-order valence-corrected chi connectivity index (χ4v) is 3.97. The van der Waals surface area contributed by atoms with E-state index >= 15 is 0 Å². The number of aromatic nitrogens is 2. The van der Waals surface area contributed by atoms with E-state index in [9.17, 15) is 9.18 Å². The van der Waals surface area contributed by atoms with Crippen LogP contribution in [-0.2, 0) is 0 Å². The second-order valence-corrected chi connectivity index (χ2v) is 7.88. The van der Waals surface area contributed by atoms with Crippen molar-refractivity contribution in [3.05, 3.63) is 94.4 Å². The molecule has 1 aliphatic rings. The van der Waals surface area contributed by atoms with Gasteiger partial charge >= 0.3 is 0 Å². The Hall–Kier alpha value is -3.09. The molecular formula is C24H22ClFN4O. The Morgan fingerprint density at radius 2 is 2.06 bits per heavy atom. The number of hydrogen-bond donors (Lipinski definition) is 1. The van der Waals surface area contributed by atoms with Crippen molar-refractivity contribution in [1.29, 1.82) is 0 Å². The molecule has 31 heavy (non-hydrogen) atoms. The normalized spacial score (nSPS) is 16.2. The number of anilines is 1. The molecule has 5 nitrogen and oxygen atoms in total. The van der Waals surface area contributed by atoms with Gasteiger partial charge in [-0.3, -0.25) is 9.78 Å². The van der Waals surface area contributed by atoms with Crippen LogP contribution in [0.25, 0.3) is 5.83 Å². The summed E-state index contributed by atoms with van der Waals surface area (Å²) in [6, 6.07) is 14.4. The maximum atomic E-state index is 14.1. The molecule has 0 amide bonds. The molecule has 0 saturated carbocycles. The van der Waals surface area contributed by atoms with Gasteiger partial charge in [-0.25, -0.2) is 9.37 Å². The number of carbonyl (C=O) groups is 1. The van der Waals surface area contributed by atoms with Gasteiger partial charge < -0.3 is 10.2 Å². The number of benzene rings is 1. The molecule has 2 aromatic heterocycles. The number of nitrogens with one attached hydrogen (secondary N) is 1. The SMILES string of the molecule is C=C(F)c1ccc(N2CCNC(c3cccc(Cl)c3)C2)nc1C(=O)c1cccnc1C. The maximum Gasteiger partial charge on any atom is 0.213 e.